The first-order chi connectivity index (χ1) is 14.8. The van der Waals surface area contributed by atoms with Crippen LogP contribution in [0.25, 0.3) is 0 Å². The molecule has 172 valence electrons. The van der Waals surface area contributed by atoms with E-state index >= 15 is 0 Å². The molecule has 0 aliphatic heterocycles. The Balaban J connectivity index is 1.97. The molecule has 8 nitrogen and oxygen atoms in total. The van der Waals surface area contributed by atoms with Gasteiger partial charge in [-0.3, -0.25) is 0 Å². The summed E-state index contributed by atoms with van der Waals surface area (Å²) >= 11 is 0. The molecule has 3 rings (SSSR count). The van der Waals surface area contributed by atoms with Gasteiger partial charge in [0, 0.05) is 29.8 Å². The monoisotopic (exact) mass is 478 g/mol. The molecular weight excluding hydrogens is 463 g/mol. The molecule has 2 atom stereocenters. The Kier molecular flexibility index (Phi) is 6.20. The second-order valence-corrected chi connectivity index (χ2v) is 8.31. The maximum absolute atomic E-state index is 14.6. The smallest absolute Gasteiger partial charge is 0.382 e. The van der Waals surface area contributed by atoms with Gasteiger partial charge in [0.2, 0.25) is 5.88 Å². The minimum atomic E-state index is -5.91. The molecule has 32 heavy (non-hydrogen) atoms. The lowest BCUT2D eigenvalue weighted by Crippen LogP contribution is -2.38. The third-order valence-corrected chi connectivity index (χ3v) is 5.68. The Hall–Kier alpha value is -3.13. The van der Waals surface area contributed by atoms with Crippen LogP contribution < -0.4 is 4.18 Å². The van der Waals surface area contributed by atoms with Crippen LogP contribution in [0.2, 0.25) is 0 Å². The molecule has 0 bridgehead atoms. The lowest BCUT2D eigenvalue weighted by Gasteiger charge is -2.35. The van der Waals surface area contributed by atoms with E-state index in [4.69, 9.17) is 0 Å². The summed E-state index contributed by atoms with van der Waals surface area (Å²) in [6.45, 7) is 1.14. The first-order valence-corrected chi connectivity index (χ1v) is 10.2. The largest absolute Gasteiger partial charge is 0.534 e. The van der Waals surface area contributed by atoms with Gasteiger partial charge in [-0.05, 0) is 11.6 Å². The quantitative estimate of drug-likeness (QED) is 0.316. The molecule has 0 aliphatic rings. The SMILES string of the molecule is C[C@H](c1ccc(OS(=O)(=O)C(F)(F)F)nc1)[C@@](O)(Cn1cncn1)c1ccc(F)cc1F. The van der Waals surface area contributed by atoms with Crippen molar-refractivity contribution in [3.8, 4) is 5.88 Å². The summed E-state index contributed by atoms with van der Waals surface area (Å²) in [5, 5.41) is 15.3. The number of hydrogen-bond donors (Lipinski definition) is 1. The number of halogens is 5. The van der Waals surface area contributed by atoms with Gasteiger partial charge in [-0.1, -0.05) is 19.1 Å². The van der Waals surface area contributed by atoms with Gasteiger partial charge in [-0.2, -0.15) is 26.7 Å². The van der Waals surface area contributed by atoms with Gasteiger partial charge in [-0.15, -0.1) is 0 Å². The summed E-state index contributed by atoms with van der Waals surface area (Å²) in [7, 11) is -5.91. The zero-order chi connectivity index (χ0) is 23.7. The normalized spacial score (nSPS) is 15.2. The fraction of sp³-hybridized carbons (Fsp3) is 0.278. The van der Waals surface area contributed by atoms with Crippen molar-refractivity contribution in [1.82, 2.24) is 19.7 Å². The van der Waals surface area contributed by atoms with Crippen molar-refractivity contribution in [1.29, 1.82) is 0 Å². The summed E-state index contributed by atoms with van der Waals surface area (Å²) in [5.41, 5.74) is -7.76. The molecular formula is C18H15F5N4O4S. The van der Waals surface area contributed by atoms with Crippen LogP contribution in [0.4, 0.5) is 22.0 Å². The van der Waals surface area contributed by atoms with E-state index in [1.165, 1.54) is 24.3 Å². The van der Waals surface area contributed by atoms with Gasteiger partial charge in [-0.25, -0.2) is 23.4 Å². The molecule has 0 saturated carbocycles. The molecule has 0 saturated heterocycles. The van der Waals surface area contributed by atoms with Crippen LogP contribution in [0.3, 0.4) is 0 Å². The third kappa shape index (κ3) is 4.70. The maximum atomic E-state index is 14.6. The lowest BCUT2D eigenvalue weighted by molar-refractivity contribution is -0.0501. The summed E-state index contributed by atoms with van der Waals surface area (Å²) in [6, 6.07) is 4.61. The van der Waals surface area contributed by atoms with Gasteiger partial charge in [0.1, 0.15) is 29.9 Å². The van der Waals surface area contributed by atoms with E-state index in [0.29, 0.717) is 6.07 Å². The van der Waals surface area contributed by atoms with Crippen molar-refractivity contribution in [2.75, 3.05) is 0 Å². The van der Waals surface area contributed by atoms with Crippen LogP contribution in [-0.4, -0.2) is 38.8 Å². The molecule has 0 aliphatic carbocycles. The van der Waals surface area contributed by atoms with E-state index in [0.717, 1.165) is 30.5 Å². The second kappa shape index (κ2) is 8.43. The van der Waals surface area contributed by atoms with Gasteiger partial charge in [0.25, 0.3) is 0 Å². The average Bonchev–Trinajstić information content (AvgIpc) is 3.19. The molecule has 14 heteroatoms. The molecule has 0 amide bonds. The highest BCUT2D eigenvalue weighted by Gasteiger charge is 2.49. The van der Waals surface area contributed by atoms with Crippen molar-refractivity contribution < 1.29 is 39.7 Å². The third-order valence-electron chi connectivity index (χ3n) is 4.72. The van der Waals surface area contributed by atoms with Gasteiger partial charge >= 0.3 is 15.6 Å². The van der Waals surface area contributed by atoms with E-state index in [2.05, 4.69) is 19.2 Å². The molecule has 0 unspecified atom stereocenters. The van der Waals surface area contributed by atoms with Gasteiger partial charge in [0.05, 0.1) is 6.54 Å². The van der Waals surface area contributed by atoms with Crippen LogP contribution in [0, 0.1) is 11.6 Å². The van der Waals surface area contributed by atoms with Crippen LogP contribution in [0.1, 0.15) is 24.0 Å². The average molecular weight is 478 g/mol. The second-order valence-electron chi connectivity index (χ2n) is 6.78. The first-order valence-electron chi connectivity index (χ1n) is 8.80. The Morgan fingerprint density at radius 3 is 2.44 bits per heavy atom. The molecule has 1 aromatic carbocycles. The maximum Gasteiger partial charge on any atom is 0.534 e. The zero-order valence-corrected chi connectivity index (χ0v) is 17.0. The summed E-state index contributed by atoms with van der Waals surface area (Å²) in [5.74, 6) is -3.74. The van der Waals surface area contributed by atoms with E-state index < -0.39 is 44.7 Å². The Morgan fingerprint density at radius 1 is 1.19 bits per heavy atom. The summed E-state index contributed by atoms with van der Waals surface area (Å²) in [4.78, 5) is 7.28. The van der Waals surface area contributed by atoms with Gasteiger partial charge in [0.15, 0.2) is 0 Å². The highest BCUT2D eigenvalue weighted by molar-refractivity contribution is 7.87. The predicted octanol–water partition coefficient (Wildman–Crippen LogP) is 2.87. The lowest BCUT2D eigenvalue weighted by atomic mass is 9.78. The summed E-state index contributed by atoms with van der Waals surface area (Å²) < 4.78 is 92.7. The topological polar surface area (TPSA) is 107 Å². The van der Waals surface area contributed by atoms with Crippen LogP contribution in [0.5, 0.6) is 5.88 Å². The zero-order valence-electron chi connectivity index (χ0n) is 16.2. The fourth-order valence-corrected chi connectivity index (χ4v) is 3.41. The van der Waals surface area contributed by atoms with E-state index in [1.54, 1.807) is 0 Å². The summed E-state index contributed by atoms with van der Waals surface area (Å²) in [6.07, 6.45) is 3.41. The van der Waals surface area contributed by atoms with E-state index in [1.807, 2.05) is 0 Å². The Bertz CT molecular complexity index is 1190. The molecule has 2 heterocycles. The number of aliphatic hydroxyl groups is 1. The van der Waals surface area contributed by atoms with Crippen LogP contribution >= 0.6 is 0 Å². The fourth-order valence-electron chi connectivity index (χ4n) is 2.99. The number of nitrogens with zero attached hydrogens (tertiary/aromatic N) is 4. The molecule has 0 fully saturated rings. The first kappa shape index (κ1) is 23.5. The molecule has 2 aromatic heterocycles. The van der Waals surface area contributed by atoms with Crippen molar-refractivity contribution in [2.24, 2.45) is 0 Å². The highest BCUT2D eigenvalue weighted by Crippen LogP contribution is 2.39. The van der Waals surface area contributed by atoms with Gasteiger partial charge < -0.3 is 9.29 Å². The predicted molar refractivity (Wildman–Crippen MR) is 98.5 cm³/mol. The Labute approximate surface area is 178 Å². The van der Waals surface area contributed by atoms with Crippen molar-refractivity contribution in [3.05, 3.63) is 71.9 Å². The highest BCUT2D eigenvalue weighted by atomic mass is 32.2. The number of hydrogen-bond acceptors (Lipinski definition) is 7. The molecule has 0 radical (unpaired) electrons. The minimum Gasteiger partial charge on any atom is -0.382 e. The standard InChI is InChI=1S/C18H15F5N4O4S/c1-11(12-2-5-16(25-7-12)31-32(29,30)18(21,22)23)17(28,8-27-10-24-9-26-27)14-4-3-13(19)6-15(14)20/h2-7,9-11,28H,8H2,1H3/t11-,17+/m1/s1. The Morgan fingerprint density at radius 2 is 1.91 bits per heavy atom. The molecule has 3 aromatic rings. The number of benzene rings is 1. The molecule has 1 N–H and O–H groups in total. The number of pyridine rings is 1. The minimum absolute atomic E-state index is 0.188. The van der Waals surface area contributed by atoms with E-state index in [-0.39, 0.29) is 17.7 Å². The van der Waals surface area contributed by atoms with Crippen molar-refractivity contribution >= 4 is 10.1 Å². The number of aromatic nitrogens is 4. The van der Waals surface area contributed by atoms with Crippen molar-refractivity contribution in [3.63, 3.8) is 0 Å². The van der Waals surface area contributed by atoms with Crippen LogP contribution in [0.15, 0.2) is 49.2 Å². The molecule has 0 spiro atoms. The number of rotatable bonds is 7. The van der Waals surface area contributed by atoms with E-state index in [9.17, 15) is 35.5 Å². The van der Waals surface area contributed by atoms with Crippen molar-refractivity contribution in [2.45, 2.75) is 30.5 Å². The number of alkyl halides is 3. The van der Waals surface area contributed by atoms with Crippen LogP contribution in [-0.2, 0) is 22.3 Å².